The zero-order valence-electron chi connectivity index (χ0n) is 12.8. The van der Waals surface area contributed by atoms with E-state index in [1.54, 1.807) is 42.5 Å². The van der Waals surface area contributed by atoms with E-state index in [0.29, 0.717) is 27.0 Å². The molecule has 1 N–H and O–H groups in total. The van der Waals surface area contributed by atoms with Crippen molar-refractivity contribution < 1.29 is 19.1 Å². The molecule has 0 saturated heterocycles. The van der Waals surface area contributed by atoms with E-state index in [4.69, 9.17) is 32.7 Å². The first kappa shape index (κ1) is 18.1. The van der Waals surface area contributed by atoms with Crippen LogP contribution in [0.3, 0.4) is 0 Å². The molecule has 0 atom stereocenters. The fourth-order valence-electron chi connectivity index (χ4n) is 1.98. The molecule has 0 heterocycles. The van der Waals surface area contributed by atoms with Gasteiger partial charge in [-0.3, -0.25) is 9.59 Å². The fraction of sp³-hybridized carbons (Fsp3) is 0.176. The van der Waals surface area contributed by atoms with E-state index in [1.165, 1.54) is 7.11 Å². The molecule has 126 valence electrons. The van der Waals surface area contributed by atoms with Gasteiger partial charge in [-0.25, -0.2) is 0 Å². The number of amides is 1. The zero-order valence-corrected chi connectivity index (χ0v) is 14.4. The van der Waals surface area contributed by atoms with E-state index < -0.39 is 18.5 Å². The number of hydrogen-bond acceptors (Lipinski definition) is 4. The summed E-state index contributed by atoms with van der Waals surface area (Å²) in [7, 11) is 1.50. The van der Waals surface area contributed by atoms with E-state index in [9.17, 15) is 9.59 Å². The van der Waals surface area contributed by atoms with Gasteiger partial charge in [-0.05, 0) is 24.3 Å². The number of hydrogen-bond donors (Lipinski definition) is 1. The molecule has 0 saturated carbocycles. The third-order valence-corrected chi connectivity index (χ3v) is 3.84. The minimum Gasteiger partial charge on any atom is -0.495 e. The average Bonchev–Trinajstić information content (AvgIpc) is 2.57. The topological polar surface area (TPSA) is 64.6 Å². The van der Waals surface area contributed by atoms with Crippen molar-refractivity contribution in [1.82, 2.24) is 0 Å². The van der Waals surface area contributed by atoms with Crippen LogP contribution in [0, 0.1) is 0 Å². The van der Waals surface area contributed by atoms with Gasteiger partial charge in [-0.1, -0.05) is 41.4 Å². The van der Waals surface area contributed by atoms with Gasteiger partial charge in [-0.2, -0.15) is 0 Å². The lowest BCUT2D eigenvalue weighted by atomic mass is 10.1. The highest BCUT2D eigenvalue weighted by molar-refractivity contribution is 6.36. The summed E-state index contributed by atoms with van der Waals surface area (Å²) in [4.78, 5) is 23.7. The number of benzene rings is 2. The van der Waals surface area contributed by atoms with Gasteiger partial charge >= 0.3 is 5.97 Å². The Balaban J connectivity index is 1.88. The number of esters is 1. The fourth-order valence-corrected chi connectivity index (χ4v) is 2.51. The van der Waals surface area contributed by atoms with Crippen LogP contribution in [0.4, 0.5) is 5.69 Å². The standard InChI is InChI=1S/C17H15Cl2NO4/c1-23-15-8-3-2-7-14(15)20-16(21)10-24-17(22)9-11-12(18)5-4-6-13(11)19/h2-8H,9-10H2,1H3,(H,20,21). The van der Waals surface area contributed by atoms with Gasteiger partial charge in [0.1, 0.15) is 5.75 Å². The van der Waals surface area contributed by atoms with Crippen molar-refractivity contribution in [3.05, 3.63) is 58.1 Å². The minimum atomic E-state index is -0.597. The SMILES string of the molecule is COc1ccccc1NC(=O)COC(=O)Cc1c(Cl)cccc1Cl. The summed E-state index contributed by atoms with van der Waals surface area (Å²) < 4.78 is 10.1. The van der Waals surface area contributed by atoms with Gasteiger partial charge in [-0.15, -0.1) is 0 Å². The van der Waals surface area contributed by atoms with Gasteiger partial charge in [0.25, 0.3) is 5.91 Å². The number of carbonyl (C=O) groups is 2. The lowest BCUT2D eigenvalue weighted by Crippen LogP contribution is -2.22. The van der Waals surface area contributed by atoms with Crippen molar-refractivity contribution in [3.8, 4) is 5.75 Å². The third-order valence-electron chi connectivity index (χ3n) is 3.13. The summed E-state index contributed by atoms with van der Waals surface area (Å²) in [5, 5.41) is 3.36. The summed E-state index contributed by atoms with van der Waals surface area (Å²) in [6.45, 7) is -0.418. The number of carbonyl (C=O) groups excluding carboxylic acids is 2. The van der Waals surface area contributed by atoms with Crippen molar-refractivity contribution in [2.75, 3.05) is 19.0 Å². The molecule has 2 aromatic rings. The Morgan fingerprint density at radius 2 is 1.71 bits per heavy atom. The van der Waals surface area contributed by atoms with Crippen LogP contribution in [-0.2, 0) is 20.7 Å². The minimum absolute atomic E-state index is 0.111. The average molecular weight is 368 g/mol. The third kappa shape index (κ3) is 4.88. The largest absolute Gasteiger partial charge is 0.495 e. The van der Waals surface area contributed by atoms with Crippen LogP contribution in [0.1, 0.15) is 5.56 Å². The zero-order chi connectivity index (χ0) is 17.5. The predicted molar refractivity (Wildman–Crippen MR) is 92.7 cm³/mol. The second-order valence-corrected chi connectivity index (χ2v) is 5.60. The van der Waals surface area contributed by atoms with Crippen LogP contribution in [0.15, 0.2) is 42.5 Å². The summed E-state index contributed by atoms with van der Waals surface area (Å²) in [5.74, 6) is -0.557. The summed E-state index contributed by atoms with van der Waals surface area (Å²) in [5.41, 5.74) is 0.964. The lowest BCUT2D eigenvalue weighted by Gasteiger charge is -2.10. The van der Waals surface area contributed by atoms with Crippen LogP contribution >= 0.6 is 23.2 Å². The molecule has 0 aliphatic rings. The molecule has 0 aliphatic heterocycles. The second kappa shape index (κ2) is 8.57. The molecule has 0 aromatic heterocycles. The summed E-state index contributed by atoms with van der Waals surface area (Å²) >= 11 is 12.0. The van der Waals surface area contributed by atoms with Crippen molar-refractivity contribution >= 4 is 40.8 Å². The second-order valence-electron chi connectivity index (χ2n) is 4.79. The molecule has 0 unspecified atom stereocenters. The van der Waals surface area contributed by atoms with Crippen LogP contribution in [-0.4, -0.2) is 25.6 Å². The molecule has 2 rings (SSSR count). The first-order chi connectivity index (χ1) is 11.5. The molecule has 0 aliphatic carbocycles. The van der Waals surface area contributed by atoms with Crippen molar-refractivity contribution in [2.24, 2.45) is 0 Å². The Morgan fingerprint density at radius 1 is 1.04 bits per heavy atom. The number of halogens is 2. The summed E-state index contributed by atoms with van der Waals surface area (Å²) in [6.07, 6.45) is -0.111. The number of rotatable bonds is 6. The van der Waals surface area contributed by atoms with Crippen molar-refractivity contribution in [2.45, 2.75) is 6.42 Å². The molecule has 0 bridgehead atoms. The van der Waals surface area contributed by atoms with Crippen molar-refractivity contribution in [1.29, 1.82) is 0 Å². The maximum absolute atomic E-state index is 11.9. The van der Waals surface area contributed by atoms with Gasteiger partial charge in [0, 0.05) is 15.6 Å². The molecular formula is C17H15Cl2NO4. The monoisotopic (exact) mass is 367 g/mol. The van der Waals surface area contributed by atoms with E-state index in [0.717, 1.165) is 0 Å². The lowest BCUT2D eigenvalue weighted by molar-refractivity contribution is -0.146. The number of ether oxygens (including phenoxy) is 2. The molecule has 0 spiro atoms. The number of nitrogens with one attached hydrogen (secondary N) is 1. The number of anilines is 1. The van der Waals surface area contributed by atoms with Crippen LogP contribution in [0.25, 0.3) is 0 Å². The smallest absolute Gasteiger partial charge is 0.310 e. The Bertz CT molecular complexity index is 729. The van der Waals surface area contributed by atoms with Gasteiger partial charge in [0.15, 0.2) is 6.61 Å². The summed E-state index contributed by atoms with van der Waals surface area (Å²) in [6, 6.07) is 11.9. The number of methoxy groups -OCH3 is 1. The molecule has 0 radical (unpaired) electrons. The molecule has 0 fully saturated rings. The maximum Gasteiger partial charge on any atom is 0.310 e. The van der Waals surface area contributed by atoms with Crippen LogP contribution in [0.2, 0.25) is 10.0 Å². The first-order valence-electron chi connectivity index (χ1n) is 7.02. The Hall–Kier alpha value is -2.24. The molecular weight excluding hydrogens is 353 g/mol. The van der Waals surface area contributed by atoms with Gasteiger partial charge in [0.05, 0.1) is 19.2 Å². The molecule has 7 heteroatoms. The van der Waals surface area contributed by atoms with Crippen LogP contribution in [0.5, 0.6) is 5.75 Å². The Kier molecular flexibility index (Phi) is 6.46. The molecule has 5 nitrogen and oxygen atoms in total. The predicted octanol–water partition coefficient (Wildman–Crippen LogP) is 3.73. The molecule has 2 aromatic carbocycles. The van der Waals surface area contributed by atoms with Crippen LogP contribution < -0.4 is 10.1 Å². The van der Waals surface area contributed by atoms with Gasteiger partial charge < -0.3 is 14.8 Å². The van der Waals surface area contributed by atoms with E-state index in [1.807, 2.05) is 0 Å². The quantitative estimate of drug-likeness (QED) is 0.790. The Labute approximate surface area is 149 Å². The highest BCUT2D eigenvalue weighted by atomic mass is 35.5. The van der Waals surface area contributed by atoms with Crippen molar-refractivity contribution in [3.63, 3.8) is 0 Å². The highest BCUT2D eigenvalue weighted by Gasteiger charge is 2.14. The highest BCUT2D eigenvalue weighted by Crippen LogP contribution is 2.25. The Morgan fingerprint density at radius 3 is 2.38 bits per heavy atom. The number of para-hydroxylation sites is 2. The van der Waals surface area contributed by atoms with E-state index in [2.05, 4.69) is 5.32 Å². The normalized spacial score (nSPS) is 10.1. The first-order valence-corrected chi connectivity index (χ1v) is 7.78. The maximum atomic E-state index is 11.9. The molecule has 1 amide bonds. The molecule has 24 heavy (non-hydrogen) atoms. The van der Waals surface area contributed by atoms with E-state index in [-0.39, 0.29) is 6.42 Å². The van der Waals surface area contributed by atoms with E-state index >= 15 is 0 Å². The van der Waals surface area contributed by atoms with Gasteiger partial charge in [0.2, 0.25) is 0 Å².